The summed E-state index contributed by atoms with van der Waals surface area (Å²) in [5.74, 6) is 0. The molecular weight excluding hydrogens is 745 g/mol. The Bertz CT molecular complexity index is 3620. The van der Waals surface area contributed by atoms with Crippen LogP contribution in [0, 0.1) is 0 Å². The smallest absolute Gasteiger partial charge is 0.0435 e. The fourth-order valence-electron chi connectivity index (χ4n) is 11.2. The molecule has 0 saturated carbocycles. The first-order valence-corrected chi connectivity index (χ1v) is 21.8. The van der Waals surface area contributed by atoms with Crippen LogP contribution in [0.4, 0.5) is 0 Å². The minimum Gasteiger partial charge on any atom is -0.0622 e. The van der Waals surface area contributed by atoms with Gasteiger partial charge in [-0.3, -0.25) is 0 Å². The van der Waals surface area contributed by atoms with E-state index in [4.69, 9.17) is 0 Å². The van der Waals surface area contributed by atoms with Crippen molar-refractivity contribution in [3.8, 4) is 77.9 Å². The minimum atomic E-state index is -0.243. The standard InChI is InChI=1S/C62H40/c1-62(46-23-6-3-7-24-46)55-32-13-12-26-48(55)54-37-43-34-33-42(36-45(43)38-56(54)62)41-21-14-22-44(35-41)58-50-28-10-11-29-51(50)59(49-27-9-8-25-47(49)39-17-4-2-5-18-39)61-53-31-16-20-40-19-15-30-52(57(40)53)60(58)61/h2-38H,1H3. The van der Waals surface area contributed by atoms with Gasteiger partial charge in [0.25, 0.3) is 0 Å². The molecule has 0 aromatic heterocycles. The number of rotatable bonds is 5. The van der Waals surface area contributed by atoms with Crippen LogP contribution in [-0.4, -0.2) is 0 Å². The molecule has 2 aliphatic carbocycles. The Kier molecular flexibility index (Phi) is 7.54. The van der Waals surface area contributed by atoms with Crippen LogP contribution in [0.3, 0.4) is 0 Å². The first kappa shape index (κ1) is 35.0. The maximum Gasteiger partial charge on any atom is 0.0435 e. The highest BCUT2D eigenvalue weighted by Crippen LogP contribution is 2.59. The molecule has 1 unspecified atom stereocenters. The monoisotopic (exact) mass is 784 g/mol. The average Bonchev–Trinajstić information content (AvgIpc) is 3.80. The lowest BCUT2D eigenvalue weighted by Gasteiger charge is -2.28. The molecule has 0 amide bonds. The van der Waals surface area contributed by atoms with Crippen molar-refractivity contribution in [3.05, 3.63) is 241 Å². The molecule has 0 saturated heterocycles. The molecule has 1 atom stereocenters. The van der Waals surface area contributed by atoms with E-state index in [0.717, 1.165) is 0 Å². The van der Waals surface area contributed by atoms with Crippen molar-refractivity contribution in [2.45, 2.75) is 12.3 Å². The quantitative estimate of drug-likeness (QED) is 0.163. The summed E-state index contributed by atoms with van der Waals surface area (Å²) in [5, 5.41) is 7.66. The fraction of sp³-hybridized carbons (Fsp3) is 0.0323. The lowest BCUT2D eigenvalue weighted by Crippen LogP contribution is -2.22. The van der Waals surface area contributed by atoms with Crippen LogP contribution in [0.2, 0.25) is 0 Å². The van der Waals surface area contributed by atoms with Gasteiger partial charge in [0.2, 0.25) is 0 Å². The van der Waals surface area contributed by atoms with Crippen LogP contribution >= 0.6 is 0 Å². The topological polar surface area (TPSA) is 0 Å². The van der Waals surface area contributed by atoms with E-state index in [9.17, 15) is 0 Å². The summed E-state index contributed by atoms with van der Waals surface area (Å²) >= 11 is 0. The molecule has 13 rings (SSSR count). The van der Waals surface area contributed by atoms with Crippen molar-refractivity contribution in [1.82, 2.24) is 0 Å². The SMILES string of the molecule is CC1(c2ccccc2)c2ccccc2-c2cc3ccc(-c4cccc(-c5c6c(c(-c7ccccc7-c7ccccc7)c7ccccc57)-c5cccc7cccc-6c57)c4)cc3cc21. The fourth-order valence-corrected chi connectivity index (χ4v) is 11.2. The summed E-state index contributed by atoms with van der Waals surface area (Å²) in [5.41, 5.74) is 21.7. The maximum atomic E-state index is 2.47. The Morgan fingerprint density at radius 1 is 0.274 bits per heavy atom. The Balaban J connectivity index is 1.03. The highest BCUT2D eigenvalue weighted by molar-refractivity contribution is 6.28. The van der Waals surface area contributed by atoms with Crippen molar-refractivity contribution in [3.63, 3.8) is 0 Å². The van der Waals surface area contributed by atoms with Crippen molar-refractivity contribution in [1.29, 1.82) is 0 Å². The van der Waals surface area contributed by atoms with E-state index in [1.165, 1.54) is 127 Å². The molecule has 0 aliphatic heterocycles. The highest BCUT2D eigenvalue weighted by atomic mass is 14.4. The lowest BCUT2D eigenvalue weighted by atomic mass is 9.74. The highest BCUT2D eigenvalue weighted by Gasteiger charge is 2.41. The summed E-state index contributed by atoms with van der Waals surface area (Å²) in [6.07, 6.45) is 0. The Morgan fingerprint density at radius 2 is 0.839 bits per heavy atom. The third kappa shape index (κ3) is 4.95. The van der Waals surface area contributed by atoms with E-state index in [0.29, 0.717) is 0 Å². The van der Waals surface area contributed by atoms with Gasteiger partial charge < -0.3 is 0 Å². The predicted molar refractivity (Wildman–Crippen MR) is 263 cm³/mol. The predicted octanol–water partition coefficient (Wildman–Crippen LogP) is 16.8. The number of benzene rings is 11. The summed E-state index contributed by atoms with van der Waals surface area (Å²) in [6.45, 7) is 2.40. The van der Waals surface area contributed by atoms with E-state index < -0.39 is 0 Å². The van der Waals surface area contributed by atoms with Gasteiger partial charge in [0.15, 0.2) is 0 Å². The van der Waals surface area contributed by atoms with Gasteiger partial charge in [-0.05, 0) is 158 Å². The maximum absolute atomic E-state index is 2.47. The molecule has 0 nitrogen and oxygen atoms in total. The van der Waals surface area contributed by atoms with E-state index in [1.54, 1.807) is 0 Å². The zero-order valence-electron chi connectivity index (χ0n) is 34.4. The van der Waals surface area contributed by atoms with Gasteiger partial charge in [-0.15, -0.1) is 0 Å². The zero-order chi connectivity index (χ0) is 40.9. The van der Waals surface area contributed by atoms with Gasteiger partial charge in [0.1, 0.15) is 0 Å². The molecular formula is C62H40. The van der Waals surface area contributed by atoms with Crippen molar-refractivity contribution >= 4 is 32.3 Å². The molecule has 0 heterocycles. The first-order valence-electron chi connectivity index (χ1n) is 21.8. The zero-order valence-corrected chi connectivity index (χ0v) is 34.4. The second-order valence-corrected chi connectivity index (χ2v) is 17.2. The first-order chi connectivity index (χ1) is 30.6. The summed E-state index contributed by atoms with van der Waals surface area (Å²) in [7, 11) is 0. The molecule has 11 aromatic carbocycles. The number of hydrogen-bond donors (Lipinski definition) is 0. The van der Waals surface area contributed by atoms with E-state index in [-0.39, 0.29) is 5.41 Å². The second-order valence-electron chi connectivity index (χ2n) is 17.2. The second kappa shape index (κ2) is 13.4. The molecule has 2 aliphatic rings. The average molecular weight is 785 g/mol. The van der Waals surface area contributed by atoms with Crippen molar-refractivity contribution in [2.24, 2.45) is 0 Å². The van der Waals surface area contributed by atoms with Crippen molar-refractivity contribution < 1.29 is 0 Å². The normalized spacial score (nSPS) is 14.6. The Morgan fingerprint density at radius 3 is 1.61 bits per heavy atom. The van der Waals surface area contributed by atoms with Crippen LogP contribution in [-0.2, 0) is 5.41 Å². The molecule has 11 aromatic rings. The molecule has 0 fully saturated rings. The van der Waals surface area contributed by atoms with Gasteiger partial charge in [-0.1, -0.05) is 200 Å². The van der Waals surface area contributed by atoms with E-state index in [1.807, 2.05) is 0 Å². The summed E-state index contributed by atoms with van der Waals surface area (Å²) in [4.78, 5) is 0. The Hall–Kier alpha value is -7.80. The summed E-state index contributed by atoms with van der Waals surface area (Å²) < 4.78 is 0. The minimum absolute atomic E-state index is 0.243. The molecule has 0 heteroatoms. The van der Waals surface area contributed by atoms with Crippen LogP contribution in [0.1, 0.15) is 23.6 Å². The molecule has 0 bridgehead atoms. The van der Waals surface area contributed by atoms with Gasteiger partial charge in [0.05, 0.1) is 0 Å². The van der Waals surface area contributed by atoms with Crippen molar-refractivity contribution in [2.75, 3.05) is 0 Å². The molecule has 0 spiro atoms. The van der Waals surface area contributed by atoms with Gasteiger partial charge >= 0.3 is 0 Å². The third-order valence-electron chi connectivity index (χ3n) is 14.0. The van der Waals surface area contributed by atoms with Gasteiger partial charge in [-0.2, -0.15) is 0 Å². The van der Waals surface area contributed by atoms with E-state index >= 15 is 0 Å². The number of hydrogen-bond acceptors (Lipinski definition) is 0. The van der Waals surface area contributed by atoms with E-state index in [2.05, 4.69) is 231 Å². The molecule has 0 radical (unpaired) electrons. The number of fused-ring (bicyclic) bond motifs is 8. The molecule has 288 valence electrons. The lowest BCUT2D eigenvalue weighted by molar-refractivity contribution is 0.715. The van der Waals surface area contributed by atoms with Crippen LogP contribution in [0.5, 0.6) is 0 Å². The van der Waals surface area contributed by atoms with Crippen LogP contribution < -0.4 is 0 Å². The summed E-state index contributed by atoms with van der Waals surface area (Å²) in [6, 6.07) is 83.8. The van der Waals surface area contributed by atoms with Gasteiger partial charge in [-0.25, -0.2) is 0 Å². The van der Waals surface area contributed by atoms with Gasteiger partial charge in [0, 0.05) is 5.41 Å². The third-order valence-corrected chi connectivity index (χ3v) is 14.0. The van der Waals surface area contributed by atoms with Crippen LogP contribution in [0.25, 0.3) is 110 Å². The van der Waals surface area contributed by atoms with Crippen LogP contribution in [0.15, 0.2) is 224 Å². The Labute approximate surface area is 362 Å². The molecule has 62 heavy (non-hydrogen) atoms. The largest absolute Gasteiger partial charge is 0.0622 e. The molecule has 0 N–H and O–H groups in total.